The van der Waals surface area contributed by atoms with Crippen molar-refractivity contribution in [3.05, 3.63) is 175 Å². The van der Waals surface area contributed by atoms with Crippen LogP contribution in [0.25, 0.3) is 83.3 Å². The van der Waals surface area contributed by atoms with Crippen molar-refractivity contribution in [2.45, 2.75) is 19.3 Å². The summed E-state index contributed by atoms with van der Waals surface area (Å²) in [5, 5.41) is 3.40. The molecule has 0 aliphatic heterocycles. The van der Waals surface area contributed by atoms with Gasteiger partial charge in [-0.2, -0.15) is 0 Å². The minimum atomic E-state index is -0.0603. The Labute approximate surface area is 291 Å². The van der Waals surface area contributed by atoms with Crippen LogP contribution in [-0.4, -0.2) is 14.5 Å². The summed E-state index contributed by atoms with van der Waals surface area (Å²) in [5.74, 6) is 0.666. The molecule has 0 atom stereocenters. The molecule has 3 heteroatoms. The Bertz CT molecular complexity index is 2790. The van der Waals surface area contributed by atoms with Gasteiger partial charge in [-0.1, -0.05) is 153 Å². The summed E-state index contributed by atoms with van der Waals surface area (Å²) < 4.78 is 2.24. The quantitative estimate of drug-likeness (QED) is 0.192. The first-order chi connectivity index (χ1) is 24.6. The number of para-hydroxylation sites is 2. The molecule has 9 aromatic rings. The molecular weight excluding hydrogens is 607 g/mol. The first-order valence-electron chi connectivity index (χ1n) is 17.3. The van der Waals surface area contributed by atoms with Crippen molar-refractivity contribution in [2.24, 2.45) is 0 Å². The first kappa shape index (κ1) is 28.7. The summed E-state index contributed by atoms with van der Waals surface area (Å²) in [6.07, 6.45) is 0. The molecule has 10 rings (SSSR count). The molecule has 0 radical (unpaired) electrons. The number of fused-ring (bicyclic) bond motifs is 7. The van der Waals surface area contributed by atoms with Gasteiger partial charge in [0.15, 0.2) is 0 Å². The van der Waals surface area contributed by atoms with Crippen molar-refractivity contribution in [3.63, 3.8) is 0 Å². The van der Waals surface area contributed by atoms with E-state index in [-0.39, 0.29) is 5.41 Å². The maximum atomic E-state index is 5.30. The Morgan fingerprint density at radius 1 is 0.420 bits per heavy atom. The Balaban J connectivity index is 1.18. The molecule has 0 amide bonds. The van der Waals surface area contributed by atoms with Crippen molar-refractivity contribution < 1.29 is 0 Å². The average molecular weight is 640 g/mol. The predicted molar refractivity (Wildman–Crippen MR) is 208 cm³/mol. The van der Waals surface area contributed by atoms with Crippen molar-refractivity contribution in [2.75, 3.05) is 0 Å². The summed E-state index contributed by atoms with van der Waals surface area (Å²) in [6.45, 7) is 4.69. The molecule has 0 N–H and O–H groups in total. The third-order valence-corrected chi connectivity index (χ3v) is 10.6. The van der Waals surface area contributed by atoms with Gasteiger partial charge in [0.2, 0.25) is 5.95 Å². The van der Waals surface area contributed by atoms with Gasteiger partial charge in [0.05, 0.1) is 22.2 Å². The molecule has 2 aromatic heterocycles. The number of rotatable bonds is 4. The maximum Gasteiger partial charge on any atom is 0.235 e. The van der Waals surface area contributed by atoms with E-state index in [1.165, 1.54) is 49.7 Å². The smallest absolute Gasteiger partial charge is 0.235 e. The van der Waals surface area contributed by atoms with Gasteiger partial charge < -0.3 is 0 Å². The monoisotopic (exact) mass is 639 g/mol. The second kappa shape index (κ2) is 10.8. The zero-order valence-corrected chi connectivity index (χ0v) is 27.9. The highest BCUT2D eigenvalue weighted by molar-refractivity contribution is 6.10. The average Bonchev–Trinajstić information content (AvgIpc) is 3.62. The lowest BCUT2D eigenvalue weighted by Crippen LogP contribution is -2.14. The zero-order valence-electron chi connectivity index (χ0n) is 27.9. The van der Waals surface area contributed by atoms with Crippen LogP contribution < -0.4 is 0 Å². The molecule has 3 nitrogen and oxygen atoms in total. The third kappa shape index (κ3) is 4.23. The van der Waals surface area contributed by atoms with E-state index in [1.807, 2.05) is 12.1 Å². The minimum absolute atomic E-state index is 0.0603. The van der Waals surface area contributed by atoms with Crippen LogP contribution in [0.4, 0.5) is 0 Å². The van der Waals surface area contributed by atoms with Gasteiger partial charge in [0.1, 0.15) is 0 Å². The maximum absolute atomic E-state index is 5.30. The molecule has 0 spiro atoms. The van der Waals surface area contributed by atoms with Crippen molar-refractivity contribution in [1.82, 2.24) is 14.5 Å². The number of hydrogen-bond acceptors (Lipinski definition) is 2. The highest BCUT2D eigenvalue weighted by Crippen LogP contribution is 2.50. The van der Waals surface area contributed by atoms with Gasteiger partial charge in [-0.05, 0) is 68.8 Å². The van der Waals surface area contributed by atoms with E-state index in [9.17, 15) is 0 Å². The van der Waals surface area contributed by atoms with Crippen LogP contribution in [0.2, 0.25) is 0 Å². The van der Waals surface area contributed by atoms with E-state index in [4.69, 9.17) is 9.97 Å². The lowest BCUT2D eigenvalue weighted by molar-refractivity contribution is 0.660. The van der Waals surface area contributed by atoms with E-state index in [2.05, 4.69) is 170 Å². The molecule has 1 aliphatic carbocycles. The fourth-order valence-electron chi connectivity index (χ4n) is 8.19. The Morgan fingerprint density at radius 3 is 1.84 bits per heavy atom. The normalized spacial score (nSPS) is 13.2. The molecule has 0 fully saturated rings. The second-order valence-corrected chi connectivity index (χ2v) is 13.8. The van der Waals surface area contributed by atoms with Crippen LogP contribution in [0.15, 0.2) is 164 Å². The van der Waals surface area contributed by atoms with Crippen molar-refractivity contribution in [1.29, 1.82) is 0 Å². The summed E-state index contributed by atoms with van der Waals surface area (Å²) in [5.41, 5.74) is 15.3. The van der Waals surface area contributed by atoms with Crippen LogP contribution in [0.3, 0.4) is 0 Å². The van der Waals surface area contributed by atoms with Gasteiger partial charge in [0, 0.05) is 27.1 Å². The molecule has 0 bridgehead atoms. The summed E-state index contributed by atoms with van der Waals surface area (Å²) >= 11 is 0. The number of benzene rings is 7. The second-order valence-electron chi connectivity index (χ2n) is 13.8. The lowest BCUT2D eigenvalue weighted by atomic mass is 9.81. The topological polar surface area (TPSA) is 30.7 Å². The molecule has 0 saturated carbocycles. The number of nitrogens with zero attached hydrogens (tertiary/aromatic N) is 3. The zero-order chi connectivity index (χ0) is 33.4. The standard InChI is InChI=1S/C47H33N3/c1-47(2)40-21-11-8-18-35(40)36-26-24-31(28-41(36)47)33-16-6-7-17-34(33)32-25-27-38-37-19-10-13-23-43(37)50(44(38)29-32)46-48-42-22-12-9-20-39(42)45(49-46)30-14-4-3-5-15-30/h3-29H,1-2H3. The van der Waals surface area contributed by atoms with Crippen LogP contribution in [0.5, 0.6) is 0 Å². The highest BCUT2D eigenvalue weighted by Gasteiger charge is 2.35. The lowest BCUT2D eigenvalue weighted by Gasteiger charge is -2.22. The molecular formula is C47H33N3. The first-order valence-corrected chi connectivity index (χ1v) is 17.3. The van der Waals surface area contributed by atoms with E-state index in [1.54, 1.807) is 0 Å². The fourth-order valence-corrected chi connectivity index (χ4v) is 8.19. The van der Waals surface area contributed by atoms with E-state index in [0.717, 1.165) is 38.8 Å². The van der Waals surface area contributed by atoms with Gasteiger partial charge >= 0.3 is 0 Å². The van der Waals surface area contributed by atoms with Crippen LogP contribution in [0, 0.1) is 0 Å². The molecule has 1 aliphatic rings. The molecule has 2 heterocycles. The molecule has 7 aromatic carbocycles. The SMILES string of the molecule is CC1(C)c2ccccc2-c2ccc(-c3ccccc3-c3ccc4c5ccccc5n(-c5nc(-c6ccccc6)c6ccccc6n5)c4c3)cc21. The molecule has 50 heavy (non-hydrogen) atoms. The fraction of sp³-hybridized carbons (Fsp3) is 0.0638. The van der Waals surface area contributed by atoms with Gasteiger partial charge in [-0.3, -0.25) is 4.57 Å². The predicted octanol–water partition coefficient (Wildman–Crippen LogP) is 12.0. The minimum Gasteiger partial charge on any atom is -0.278 e. The Kier molecular flexibility index (Phi) is 6.22. The van der Waals surface area contributed by atoms with E-state index < -0.39 is 0 Å². The molecule has 236 valence electrons. The molecule has 0 unspecified atom stereocenters. The summed E-state index contributed by atoms with van der Waals surface area (Å²) in [7, 11) is 0. The molecule has 0 saturated heterocycles. The van der Waals surface area contributed by atoms with Gasteiger partial charge in [-0.15, -0.1) is 0 Å². The largest absolute Gasteiger partial charge is 0.278 e. The van der Waals surface area contributed by atoms with Gasteiger partial charge in [0.25, 0.3) is 0 Å². The Hall–Kier alpha value is -6.32. The van der Waals surface area contributed by atoms with Crippen LogP contribution in [0.1, 0.15) is 25.0 Å². The highest BCUT2D eigenvalue weighted by atomic mass is 15.2. The summed E-state index contributed by atoms with van der Waals surface area (Å²) in [6, 6.07) is 58.8. The van der Waals surface area contributed by atoms with Crippen LogP contribution in [-0.2, 0) is 5.41 Å². The van der Waals surface area contributed by atoms with E-state index in [0.29, 0.717) is 5.95 Å². The van der Waals surface area contributed by atoms with Crippen molar-refractivity contribution >= 4 is 32.7 Å². The van der Waals surface area contributed by atoms with Crippen molar-refractivity contribution in [3.8, 4) is 50.6 Å². The third-order valence-electron chi connectivity index (χ3n) is 10.6. The number of aromatic nitrogens is 3. The van der Waals surface area contributed by atoms with E-state index >= 15 is 0 Å². The summed E-state index contributed by atoms with van der Waals surface area (Å²) in [4.78, 5) is 10.5. The Morgan fingerprint density at radius 2 is 1.02 bits per heavy atom. The number of hydrogen-bond donors (Lipinski definition) is 0. The van der Waals surface area contributed by atoms with Crippen LogP contribution >= 0.6 is 0 Å². The van der Waals surface area contributed by atoms with Gasteiger partial charge in [-0.25, -0.2) is 9.97 Å².